The molecule has 0 radical (unpaired) electrons. The number of hydrogen-bond acceptors (Lipinski definition) is 8. The molecular weight excluding hydrogens is 449 g/mol. The van der Waals surface area contributed by atoms with Crippen molar-refractivity contribution in [3.05, 3.63) is 0 Å². The van der Waals surface area contributed by atoms with Gasteiger partial charge in [0.25, 0.3) is 0 Å². The zero-order chi connectivity index (χ0) is 21.9. The van der Waals surface area contributed by atoms with Crippen LogP contribution in [-0.4, -0.2) is 39.1 Å². The Hall–Kier alpha value is -0.180. The smallest absolute Gasteiger partial charge is 0.379 e. The molecule has 0 aliphatic rings. The molecule has 0 saturated carbocycles. The van der Waals surface area contributed by atoms with Crippen molar-refractivity contribution < 1.29 is 47.0 Å². The van der Waals surface area contributed by atoms with Crippen molar-refractivity contribution in [2.24, 2.45) is 10.8 Å². The number of carbonyl (C=O) groups excluding carboxylic acids is 2. The molecular formula is C13H24Cl2O10P2. The fraction of sp³-hybridized carbons (Fsp3) is 0.846. The fourth-order valence-corrected chi connectivity index (χ4v) is 3.96. The third-order valence-electron chi connectivity index (χ3n) is 2.74. The van der Waals surface area contributed by atoms with Crippen LogP contribution in [0, 0.1) is 10.8 Å². The van der Waals surface area contributed by atoms with Crippen LogP contribution in [0.25, 0.3) is 0 Å². The maximum absolute atomic E-state index is 12.1. The number of esters is 2. The summed E-state index contributed by atoms with van der Waals surface area (Å²) in [7, 11) is -10.5. The van der Waals surface area contributed by atoms with E-state index in [4.69, 9.17) is 23.2 Å². The molecule has 0 aliphatic heterocycles. The highest BCUT2D eigenvalue weighted by Gasteiger charge is 2.62. The molecule has 27 heavy (non-hydrogen) atoms. The zero-order valence-electron chi connectivity index (χ0n) is 15.7. The minimum absolute atomic E-state index is 0.769. The van der Waals surface area contributed by atoms with Crippen LogP contribution in [0.3, 0.4) is 0 Å². The van der Waals surface area contributed by atoms with Gasteiger partial charge in [-0.1, -0.05) is 23.2 Å². The van der Waals surface area contributed by atoms with Crippen LogP contribution in [0.2, 0.25) is 0 Å². The molecule has 2 atom stereocenters. The lowest BCUT2D eigenvalue weighted by molar-refractivity contribution is -0.160. The molecule has 0 rings (SSSR count). The first-order valence-corrected chi connectivity index (χ1v) is 11.3. The average molecular weight is 473 g/mol. The summed E-state index contributed by atoms with van der Waals surface area (Å²) >= 11 is 11.1. The van der Waals surface area contributed by atoms with Crippen LogP contribution in [0.5, 0.6) is 0 Å². The maximum atomic E-state index is 12.1. The van der Waals surface area contributed by atoms with Gasteiger partial charge in [-0.25, -0.2) is 0 Å². The van der Waals surface area contributed by atoms with Crippen LogP contribution < -0.4 is 0 Å². The van der Waals surface area contributed by atoms with E-state index >= 15 is 0 Å². The van der Waals surface area contributed by atoms with E-state index in [1.807, 2.05) is 0 Å². The van der Waals surface area contributed by atoms with E-state index in [2.05, 4.69) is 18.5 Å². The quantitative estimate of drug-likeness (QED) is 0.232. The highest BCUT2D eigenvalue weighted by Crippen LogP contribution is 2.77. The summed E-state index contributed by atoms with van der Waals surface area (Å²) in [6, 6.07) is 0. The molecule has 0 amide bonds. The van der Waals surface area contributed by atoms with Crippen LogP contribution in [0.4, 0.5) is 0 Å². The lowest BCUT2D eigenvalue weighted by atomic mass is 9.98. The van der Waals surface area contributed by atoms with Crippen molar-refractivity contribution in [1.82, 2.24) is 0 Å². The first-order valence-electron chi connectivity index (χ1n) is 7.43. The molecule has 0 spiro atoms. The third-order valence-corrected chi connectivity index (χ3v) is 9.09. The summed E-state index contributed by atoms with van der Waals surface area (Å²) < 4.78 is 39.0. The van der Waals surface area contributed by atoms with Gasteiger partial charge in [-0.15, -0.1) is 0 Å². The molecule has 0 aromatic heterocycles. The van der Waals surface area contributed by atoms with E-state index in [1.54, 1.807) is 0 Å². The molecule has 0 aromatic rings. The van der Waals surface area contributed by atoms with Crippen LogP contribution in [-0.2, 0) is 37.2 Å². The number of ether oxygens (including phenoxy) is 2. The maximum Gasteiger partial charge on any atom is 0.379 e. The Bertz CT molecular complexity index is 596. The Morgan fingerprint density at radius 2 is 1.04 bits per heavy atom. The molecule has 0 fully saturated rings. The van der Waals surface area contributed by atoms with Crippen molar-refractivity contribution in [3.63, 3.8) is 0 Å². The van der Waals surface area contributed by atoms with Gasteiger partial charge in [0.1, 0.15) is 0 Å². The second kappa shape index (κ2) is 9.09. The Morgan fingerprint density at radius 3 is 1.26 bits per heavy atom. The molecule has 160 valence electrons. The number of hydrogen-bond donors (Lipinski definition) is 2. The second-order valence-corrected chi connectivity index (χ2v) is 14.1. The molecule has 0 aliphatic carbocycles. The summed E-state index contributed by atoms with van der Waals surface area (Å²) in [6.45, 7) is 7.04. The van der Waals surface area contributed by atoms with E-state index in [9.17, 15) is 28.5 Å². The van der Waals surface area contributed by atoms with Crippen molar-refractivity contribution in [1.29, 1.82) is 0 Å². The van der Waals surface area contributed by atoms with Gasteiger partial charge in [0.05, 0.1) is 10.8 Å². The van der Waals surface area contributed by atoms with Gasteiger partial charge in [-0.3, -0.25) is 27.8 Å². The van der Waals surface area contributed by atoms with Gasteiger partial charge in [0.2, 0.25) is 13.6 Å². The normalized spacial score (nSPS) is 17.6. The minimum atomic E-state index is -5.25. The molecule has 2 unspecified atom stereocenters. The fourth-order valence-electron chi connectivity index (χ4n) is 1.05. The predicted octanol–water partition coefficient (Wildman–Crippen LogP) is 3.57. The summed E-state index contributed by atoms with van der Waals surface area (Å²) in [5, 5.41) is 0. The van der Waals surface area contributed by atoms with E-state index in [0.29, 0.717) is 0 Å². The standard InChI is InChI=1S/C13H24Cl2O10P2/c1-11(2,3)9(16)22-7-24-26(18,19)13(14,15)27(20,21)25-8-23-10(17)12(4,5)6/h7-8H2,1-6H3,(H,18,19)(H,20,21). The van der Waals surface area contributed by atoms with Gasteiger partial charge in [-0.05, 0) is 41.5 Å². The molecule has 10 nitrogen and oxygen atoms in total. The average Bonchev–Trinajstić information content (AvgIpc) is 2.44. The third kappa shape index (κ3) is 7.63. The molecule has 14 heteroatoms. The Morgan fingerprint density at radius 1 is 0.778 bits per heavy atom. The molecule has 0 bridgehead atoms. The van der Waals surface area contributed by atoms with Crippen LogP contribution in [0.15, 0.2) is 0 Å². The lowest BCUT2D eigenvalue weighted by Crippen LogP contribution is -2.26. The highest BCUT2D eigenvalue weighted by atomic mass is 35.5. The largest absolute Gasteiger partial charge is 0.438 e. The molecule has 2 N–H and O–H groups in total. The lowest BCUT2D eigenvalue weighted by Gasteiger charge is -2.28. The molecule has 0 aromatic carbocycles. The van der Waals surface area contributed by atoms with Crippen molar-refractivity contribution >= 4 is 50.3 Å². The summed E-state index contributed by atoms with van der Waals surface area (Å²) in [6.07, 6.45) is 0. The Labute approximate surface area is 167 Å². The van der Waals surface area contributed by atoms with Crippen molar-refractivity contribution in [2.75, 3.05) is 13.6 Å². The first-order chi connectivity index (χ1) is 11.8. The summed E-state index contributed by atoms with van der Waals surface area (Å²) in [5.41, 5.74) is -1.84. The SMILES string of the molecule is CC(C)(C)C(=O)OCOP(=O)(O)C(Cl)(Cl)P(=O)(O)OCOC(=O)C(C)(C)C. The minimum Gasteiger partial charge on any atom is -0.438 e. The summed E-state index contributed by atoms with van der Waals surface area (Å²) in [5.74, 6) is -1.54. The van der Waals surface area contributed by atoms with Gasteiger partial charge in [0.15, 0.2) is 0 Å². The highest BCUT2D eigenvalue weighted by molar-refractivity contribution is 7.79. The predicted molar refractivity (Wildman–Crippen MR) is 97.1 cm³/mol. The monoisotopic (exact) mass is 472 g/mol. The first kappa shape index (κ1) is 26.8. The van der Waals surface area contributed by atoms with Gasteiger partial charge >= 0.3 is 30.9 Å². The molecule has 0 heterocycles. The van der Waals surface area contributed by atoms with Crippen LogP contribution >= 0.6 is 38.4 Å². The van der Waals surface area contributed by atoms with E-state index in [0.717, 1.165) is 0 Å². The van der Waals surface area contributed by atoms with E-state index < -0.39 is 55.4 Å². The number of alkyl halides is 2. The van der Waals surface area contributed by atoms with Gasteiger partial charge in [-0.2, -0.15) is 0 Å². The Kier molecular flexibility index (Phi) is 9.03. The topological polar surface area (TPSA) is 146 Å². The summed E-state index contributed by atoms with van der Waals surface area (Å²) in [4.78, 5) is 42.7. The van der Waals surface area contributed by atoms with Crippen molar-refractivity contribution in [3.8, 4) is 0 Å². The number of carbonyl (C=O) groups is 2. The van der Waals surface area contributed by atoms with Crippen LogP contribution in [0.1, 0.15) is 41.5 Å². The zero-order valence-corrected chi connectivity index (χ0v) is 19.0. The van der Waals surface area contributed by atoms with E-state index in [1.165, 1.54) is 41.5 Å². The number of halogens is 2. The number of rotatable bonds is 8. The van der Waals surface area contributed by atoms with Gasteiger partial charge in [0, 0.05) is 0 Å². The Balaban J connectivity index is 4.96. The van der Waals surface area contributed by atoms with E-state index in [-0.39, 0.29) is 0 Å². The van der Waals surface area contributed by atoms with Crippen molar-refractivity contribution in [2.45, 2.75) is 45.4 Å². The second-order valence-electron chi connectivity index (χ2n) is 7.41. The molecule has 0 saturated heterocycles. The van der Waals surface area contributed by atoms with Gasteiger partial charge < -0.3 is 19.3 Å².